The fourth-order valence-electron chi connectivity index (χ4n) is 3.98. The Labute approximate surface area is 196 Å². The molecule has 34 heavy (non-hydrogen) atoms. The summed E-state index contributed by atoms with van der Waals surface area (Å²) in [6, 6.07) is 6.44. The Hall–Kier alpha value is -3.89. The van der Waals surface area contributed by atoms with Gasteiger partial charge >= 0.3 is 11.7 Å². The number of amides is 4. The van der Waals surface area contributed by atoms with Gasteiger partial charge in [0.2, 0.25) is 5.91 Å². The first-order valence-electron chi connectivity index (χ1n) is 11.2. The molecule has 4 N–H and O–H groups in total. The molecule has 2 heterocycles. The van der Waals surface area contributed by atoms with E-state index in [0.717, 1.165) is 21.8 Å². The van der Waals surface area contributed by atoms with Crippen molar-refractivity contribution in [2.24, 2.45) is 0 Å². The van der Waals surface area contributed by atoms with E-state index in [1.165, 1.54) is 4.57 Å². The lowest BCUT2D eigenvalue weighted by molar-refractivity contribution is -0.134. The van der Waals surface area contributed by atoms with Gasteiger partial charge in [-0.05, 0) is 32.8 Å². The zero-order chi connectivity index (χ0) is 25.2. The van der Waals surface area contributed by atoms with Crippen LogP contribution in [-0.4, -0.2) is 45.4 Å². The van der Waals surface area contributed by atoms with Crippen LogP contribution >= 0.6 is 0 Å². The Morgan fingerprint density at radius 3 is 2.35 bits per heavy atom. The Morgan fingerprint density at radius 2 is 1.76 bits per heavy atom. The second kappa shape index (κ2) is 9.54. The molecule has 0 saturated carbocycles. The van der Waals surface area contributed by atoms with Gasteiger partial charge in [-0.3, -0.25) is 28.8 Å². The van der Waals surface area contributed by atoms with E-state index in [9.17, 15) is 24.0 Å². The van der Waals surface area contributed by atoms with Gasteiger partial charge in [0.25, 0.3) is 11.5 Å². The van der Waals surface area contributed by atoms with Crippen LogP contribution in [0.4, 0.5) is 16.3 Å². The molecule has 0 bridgehead atoms. The van der Waals surface area contributed by atoms with E-state index >= 15 is 0 Å². The number of carbonyl (C=O) groups is 3. The van der Waals surface area contributed by atoms with Gasteiger partial charge in [0.15, 0.2) is 5.69 Å². The van der Waals surface area contributed by atoms with Crippen LogP contribution in [0.5, 0.6) is 0 Å². The number of hydrogen-bond acceptors (Lipinski definition) is 6. The average molecular weight is 471 g/mol. The summed E-state index contributed by atoms with van der Waals surface area (Å²) in [5.74, 6) is -1.41. The lowest BCUT2D eigenvalue weighted by atomic mass is 9.91. The molecular weight excluding hydrogens is 440 g/mol. The fourth-order valence-corrected chi connectivity index (χ4v) is 3.98. The fraction of sp³-hybridized carbons (Fsp3) is 0.435. The number of carbonyl (C=O) groups excluding carboxylic acids is 3. The second-order valence-electron chi connectivity index (χ2n) is 8.45. The van der Waals surface area contributed by atoms with Gasteiger partial charge in [0, 0.05) is 13.1 Å². The number of unbranched alkanes of at least 4 members (excludes halogenated alkanes) is 1. The summed E-state index contributed by atoms with van der Waals surface area (Å²) in [4.78, 5) is 67.9. The zero-order valence-electron chi connectivity index (χ0n) is 19.8. The third kappa shape index (κ3) is 4.33. The molecule has 1 aliphatic heterocycles. The third-order valence-corrected chi connectivity index (χ3v) is 6.03. The van der Waals surface area contributed by atoms with Crippen LogP contribution in [-0.2, 0) is 21.7 Å². The maximum absolute atomic E-state index is 13.2. The van der Waals surface area contributed by atoms with E-state index in [1.54, 1.807) is 26.0 Å². The van der Waals surface area contributed by atoms with Crippen molar-refractivity contribution in [1.29, 1.82) is 0 Å². The predicted octanol–water partition coefficient (Wildman–Crippen LogP) is 1.05. The number of aryl methyl sites for hydroxylation is 1. The number of likely N-dealkylation sites (N-methyl/N-ethyl adjacent to an activating group) is 1. The Kier molecular flexibility index (Phi) is 6.94. The van der Waals surface area contributed by atoms with E-state index in [2.05, 4.69) is 10.3 Å². The van der Waals surface area contributed by atoms with Gasteiger partial charge in [0.1, 0.15) is 17.9 Å². The standard InChI is InChI=1S/C23H30N6O5/c1-5-7-12-28-18(24)17(19(31)25-21(28)33)27(6-2)16(30)13-29-20(32)23(4,26-22(29)34)15-10-8-14(3)9-11-15/h8-11H,5-7,12-13,24H2,1-4H3,(H,26,34)(H,25,31,33)/t23-/m0/s1. The summed E-state index contributed by atoms with van der Waals surface area (Å²) in [7, 11) is 0. The van der Waals surface area contributed by atoms with Gasteiger partial charge in [-0.2, -0.15) is 0 Å². The first-order valence-corrected chi connectivity index (χ1v) is 11.2. The number of nitrogens with one attached hydrogen (secondary N) is 2. The predicted molar refractivity (Wildman–Crippen MR) is 127 cm³/mol. The van der Waals surface area contributed by atoms with Crippen LogP contribution in [0.2, 0.25) is 0 Å². The van der Waals surface area contributed by atoms with Crippen molar-refractivity contribution in [1.82, 2.24) is 19.8 Å². The largest absolute Gasteiger partial charge is 0.383 e. The molecule has 1 aromatic heterocycles. The molecule has 182 valence electrons. The molecule has 1 aliphatic rings. The van der Waals surface area contributed by atoms with E-state index in [-0.39, 0.29) is 24.6 Å². The van der Waals surface area contributed by atoms with Gasteiger partial charge < -0.3 is 16.0 Å². The molecule has 0 aliphatic carbocycles. The molecular formula is C23H30N6O5. The minimum Gasteiger partial charge on any atom is -0.383 e. The topological polar surface area (TPSA) is 151 Å². The van der Waals surface area contributed by atoms with Gasteiger partial charge in [-0.25, -0.2) is 9.59 Å². The molecule has 1 aromatic carbocycles. The minimum absolute atomic E-state index is 0.0387. The smallest absolute Gasteiger partial charge is 0.330 e. The molecule has 3 rings (SSSR count). The van der Waals surface area contributed by atoms with Crippen molar-refractivity contribution in [3.05, 3.63) is 56.2 Å². The maximum Gasteiger partial charge on any atom is 0.330 e. The zero-order valence-corrected chi connectivity index (χ0v) is 19.8. The van der Waals surface area contributed by atoms with Gasteiger partial charge in [0.05, 0.1) is 0 Å². The monoisotopic (exact) mass is 470 g/mol. The third-order valence-electron chi connectivity index (χ3n) is 6.03. The number of aromatic nitrogens is 2. The molecule has 2 aromatic rings. The van der Waals surface area contributed by atoms with Crippen molar-refractivity contribution in [3.63, 3.8) is 0 Å². The molecule has 11 heteroatoms. The molecule has 0 radical (unpaired) electrons. The van der Waals surface area contributed by atoms with E-state index in [4.69, 9.17) is 5.73 Å². The molecule has 1 saturated heterocycles. The van der Waals surface area contributed by atoms with Crippen molar-refractivity contribution < 1.29 is 14.4 Å². The number of hydrogen-bond donors (Lipinski definition) is 3. The van der Waals surface area contributed by atoms with E-state index in [0.29, 0.717) is 12.0 Å². The number of urea groups is 1. The number of aromatic amines is 1. The molecule has 11 nitrogen and oxygen atoms in total. The quantitative estimate of drug-likeness (QED) is 0.491. The summed E-state index contributed by atoms with van der Waals surface area (Å²) in [6.07, 6.45) is 1.44. The maximum atomic E-state index is 13.2. The highest BCUT2D eigenvalue weighted by atomic mass is 16.2. The highest BCUT2D eigenvalue weighted by Crippen LogP contribution is 2.29. The summed E-state index contributed by atoms with van der Waals surface area (Å²) < 4.78 is 1.21. The number of nitrogens with zero attached hydrogens (tertiary/aromatic N) is 3. The molecule has 4 amide bonds. The number of nitrogen functional groups attached to an aromatic ring is 1. The Balaban J connectivity index is 1.91. The SMILES string of the molecule is CCCCn1c(N)c(N(CC)C(=O)CN2C(=O)N[C@@](C)(c3ccc(C)cc3)C2=O)c(=O)[nH]c1=O. The van der Waals surface area contributed by atoms with E-state index < -0.39 is 41.2 Å². The molecule has 1 atom stereocenters. The highest BCUT2D eigenvalue weighted by molar-refractivity contribution is 6.10. The van der Waals surface area contributed by atoms with Gasteiger partial charge in [-0.15, -0.1) is 0 Å². The first-order chi connectivity index (χ1) is 16.0. The highest BCUT2D eigenvalue weighted by Gasteiger charge is 2.49. The summed E-state index contributed by atoms with van der Waals surface area (Å²) in [6.45, 7) is 6.78. The number of nitrogens with two attached hydrogens (primary N) is 1. The second-order valence-corrected chi connectivity index (χ2v) is 8.45. The minimum atomic E-state index is -1.33. The summed E-state index contributed by atoms with van der Waals surface area (Å²) in [5, 5.41) is 2.66. The van der Waals surface area contributed by atoms with Crippen LogP contribution in [0.3, 0.4) is 0 Å². The number of benzene rings is 1. The molecule has 1 fully saturated rings. The number of H-pyrrole nitrogens is 1. The lowest BCUT2D eigenvalue weighted by Crippen LogP contribution is -2.47. The number of imide groups is 1. The van der Waals surface area contributed by atoms with Gasteiger partial charge in [-0.1, -0.05) is 43.2 Å². The van der Waals surface area contributed by atoms with Crippen LogP contribution in [0.15, 0.2) is 33.9 Å². The normalized spacial score (nSPS) is 17.7. The number of anilines is 2. The van der Waals surface area contributed by atoms with Crippen molar-refractivity contribution in [2.75, 3.05) is 23.7 Å². The van der Waals surface area contributed by atoms with E-state index in [1.807, 2.05) is 26.0 Å². The lowest BCUT2D eigenvalue weighted by Gasteiger charge is -2.25. The van der Waals surface area contributed by atoms with Crippen LogP contribution in [0.25, 0.3) is 0 Å². The average Bonchev–Trinajstić information content (AvgIpc) is 3.00. The summed E-state index contributed by atoms with van der Waals surface area (Å²) >= 11 is 0. The van der Waals surface area contributed by atoms with Crippen molar-refractivity contribution in [3.8, 4) is 0 Å². The van der Waals surface area contributed by atoms with Crippen LogP contribution in [0, 0.1) is 6.92 Å². The Bertz CT molecular complexity index is 1230. The number of rotatable bonds is 8. The Morgan fingerprint density at radius 1 is 1.12 bits per heavy atom. The first kappa shape index (κ1) is 24.7. The van der Waals surface area contributed by atoms with Crippen LogP contribution < -0.4 is 27.2 Å². The van der Waals surface area contributed by atoms with Crippen LogP contribution in [0.1, 0.15) is 44.7 Å². The van der Waals surface area contributed by atoms with Crippen molar-refractivity contribution >= 4 is 29.4 Å². The van der Waals surface area contributed by atoms with Crippen molar-refractivity contribution in [2.45, 2.75) is 52.6 Å². The summed E-state index contributed by atoms with van der Waals surface area (Å²) in [5.41, 5.74) is 4.72. The molecule has 0 spiro atoms. The molecule has 0 unspecified atom stereocenters.